The first-order valence-corrected chi connectivity index (χ1v) is 5.42. The van der Waals surface area contributed by atoms with Gasteiger partial charge in [0.05, 0.1) is 7.11 Å². The van der Waals surface area contributed by atoms with Crippen LogP contribution in [0.3, 0.4) is 0 Å². The maximum Gasteiger partial charge on any atom is 0.328 e. The monoisotopic (exact) mass is 231 g/mol. The number of hydrogen-bond donors (Lipinski definition) is 3. The Bertz CT molecular complexity index is 231. The van der Waals surface area contributed by atoms with Gasteiger partial charge in [0.1, 0.15) is 12.2 Å². The summed E-state index contributed by atoms with van der Waals surface area (Å²) in [6, 6.07) is -0.654. The highest BCUT2D eigenvalue weighted by molar-refractivity contribution is 5.86. The Balaban J connectivity index is 4.20. The third-order valence-corrected chi connectivity index (χ3v) is 2.20. The standard InChI is InChI=1S/C10H21N3O3/c1-3-4-5-6-7(10(15)16-2)13-9(14)8(11)12/h7-8H,3-6,11-12H2,1-2H3,(H,13,14). The second-order valence-corrected chi connectivity index (χ2v) is 3.61. The zero-order valence-corrected chi connectivity index (χ0v) is 9.86. The fourth-order valence-electron chi connectivity index (χ4n) is 1.26. The molecule has 0 aliphatic rings. The van der Waals surface area contributed by atoms with E-state index in [0.717, 1.165) is 19.3 Å². The first-order valence-electron chi connectivity index (χ1n) is 5.42. The lowest BCUT2D eigenvalue weighted by atomic mass is 10.1. The molecule has 0 fully saturated rings. The van der Waals surface area contributed by atoms with Crippen LogP contribution in [0.5, 0.6) is 0 Å². The number of unbranched alkanes of at least 4 members (excludes halogenated alkanes) is 2. The molecule has 0 aromatic carbocycles. The maximum atomic E-state index is 11.3. The molecule has 0 rings (SSSR count). The van der Waals surface area contributed by atoms with Gasteiger partial charge in [-0.15, -0.1) is 0 Å². The summed E-state index contributed by atoms with van der Waals surface area (Å²) in [7, 11) is 1.28. The van der Waals surface area contributed by atoms with Gasteiger partial charge < -0.3 is 21.5 Å². The van der Waals surface area contributed by atoms with Gasteiger partial charge in [-0.1, -0.05) is 26.2 Å². The van der Waals surface area contributed by atoms with E-state index in [-0.39, 0.29) is 0 Å². The second-order valence-electron chi connectivity index (χ2n) is 3.61. The van der Waals surface area contributed by atoms with Crippen molar-refractivity contribution in [2.24, 2.45) is 11.5 Å². The number of methoxy groups -OCH3 is 1. The number of ether oxygens (including phenoxy) is 1. The van der Waals surface area contributed by atoms with Crippen molar-refractivity contribution in [3.05, 3.63) is 0 Å². The van der Waals surface area contributed by atoms with E-state index < -0.39 is 24.1 Å². The molecule has 0 heterocycles. The van der Waals surface area contributed by atoms with Crippen LogP contribution in [-0.2, 0) is 14.3 Å². The summed E-state index contributed by atoms with van der Waals surface area (Å²) in [6.07, 6.45) is 2.31. The van der Waals surface area contributed by atoms with Crippen molar-refractivity contribution in [1.82, 2.24) is 5.32 Å². The predicted molar refractivity (Wildman–Crippen MR) is 60.3 cm³/mol. The fraction of sp³-hybridized carbons (Fsp3) is 0.800. The highest BCUT2D eigenvalue weighted by atomic mass is 16.5. The van der Waals surface area contributed by atoms with Crippen LogP contribution >= 0.6 is 0 Å². The summed E-state index contributed by atoms with van der Waals surface area (Å²) >= 11 is 0. The molecule has 0 aromatic heterocycles. The Kier molecular flexibility index (Phi) is 7.49. The molecule has 0 saturated carbocycles. The molecule has 0 aromatic rings. The van der Waals surface area contributed by atoms with Crippen LogP contribution in [0.4, 0.5) is 0 Å². The van der Waals surface area contributed by atoms with Gasteiger partial charge in [-0.05, 0) is 6.42 Å². The van der Waals surface area contributed by atoms with E-state index in [1.807, 2.05) is 0 Å². The Morgan fingerprint density at radius 1 is 1.31 bits per heavy atom. The quantitative estimate of drug-likeness (QED) is 0.310. The van der Waals surface area contributed by atoms with Crippen LogP contribution in [0.25, 0.3) is 0 Å². The molecule has 5 N–H and O–H groups in total. The topological polar surface area (TPSA) is 107 Å². The van der Waals surface area contributed by atoms with Crippen LogP contribution < -0.4 is 16.8 Å². The number of carbonyl (C=O) groups is 2. The molecule has 0 bridgehead atoms. The van der Waals surface area contributed by atoms with Gasteiger partial charge in [-0.3, -0.25) is 4.79 Å². The summed E-state index contributed by atoms with van der Waals surface area (Å²) < 4.78 is 4.59. The molecule has 0 aliphatic carbocycles. The molecular weight excluding hydrogens is 210 g/mol. The SMILES string of the molecule is CCCCCC(NC(=O)C(N)N)C(=O)OC. The molecule has 0 aliphatic heterocycles. The van der Waals surface area contributed by atoms with Crippen molar-refractivity contribution in [3.63, 3.8) is 0 Å². The predicted octanol–water partition coefficient (Wildman–Crippen LogP) is -0.532. The van der Waals surface area contributed by atoms with Gasteiger partial charge in [0.2, 0.25) is 0 Å². The lowest BCUT2D eigenvalue weighted by molar-refractivity contribution is -0.145. The fourth-order valence-corrected chi connectivity index (χ4v) is 1.26. The van der Waals surface area contributed by atoms with Gasteiger partial charge >= 0.3 is 5.97 Å². The largest absolute Gasteiger partial charge is 0.467 e. The molecule has 94 valence electrons. The molecule has 0 spiro atoms. The number of hydrogen-bond acceptors (Lipinski definition) is 5. The third-order valence-electron chi connectivity index (χ3n) is 2.20. The number of nitrogens with one attached hydrogen (secondary N) is 1. The molecule has 16 heavy (non-hydrogen) atoms. The maximum absolute atomic E-state index is 11.3. The highest BCUT2D eigenvalue weighted by Crippen LogP contribution is 2.04. The van der Waals surface area contributed by atoms with E-state index in [1.54, 1.807) is 0 Å². The van der Waals surface area contributed by atoms with E-state index in [0.29, 0.717) is 6.42 Å². The summed E-state index contributed by atoms with van der Waals surface area (Å²) in [5, 5.41) is 2.46. The third kappa shape index (κ3) is 5.67. The zero-order chi connectivity index (χ0) is 12.6. The Hall–Kier alpha value is -1.14. The van der Waals surface area contributed by atoms with Crippen molar-refractivity contribution in [2.45, 2.75) is 44.8 Å². The minimum absolute atomic E-state index is 0.467. The normalized spacial score (nSPS) is 12.3. The molecule has 1 atom stereocenters. The first kappa shape index (κ1) is 14.9. The minimum atomic E-state index is -1.11. The molecule has 6 nitrogen and oxygen atoms in total. The number of esters is 1. The number of amides is 1. The highest BCUT2D eigenvalue weighted by Gasteiger charge is 2.22. The van der Waals surface area contributed by atoms with E-state index in [9.17, 15) is 9.59 Å². The van der Waals surface area contributed by atoms with Gasteiger partial charge in [-0.2, -0.15) is 0 Å². The number of carbonyl (C=O) groups excluding carboxylic acids is 2. The minimum Gasteiger partial charge on any atom is -0.467 e. The van der Waals surface area contributed by atoms with E-state index >= 15 is 0 Å². The Labute approximate surface area is 95.7 Å². The van der Waals surface area contributed by atoms with Crippen molar-refractivity contribution in [3.8, 4) is 0 Å². The van der Waals surface area contributed by atoms with Crippen LogP contribution in [0.15, 0.2) is 0 Å². The Morgan fingerprint density at radius 3 is 2.38 bits per heavy atom. The van der Waals surface area contributed by atoms with Crippen molar-refractivity contribution < 1.29 is 14.3 Å². The van der Waals surface area contributed by atoms with Crippen LogP contribution in [0.2, 0.25) is 0 Å². The van der Waals surface area contributed by atoms with Crippen molar-refractivity contribution >= 4 is 11.9 Å². The Morgan fingerprint density at radius 2 is 1.94 bits per heavy atom. The smallest absolute Gasteiger partial charge is 0.328 e. The van der Waals surface area contributed by atoms with Crippen LogP contribution in [-0.4, -0.2) is 31.2 Å². The number of rotatable bonds is 7. The summed E-state index contributed by atoms with van der Waals surface area (Å²) in [6.45, 7) is 2.06. The average Bonchev–Trinajstić information content (AvgIpc) is 2.26. The summed E-state index contributed by atoms with van der Waals surface area (Å²) in [4.78, 5) is 22.6. The molecule has 0 radical (unpaired) electrons. The molecular formula is C10H21N3O3. The lowest BCUT2D eigenvalue weighted by Crippen LogP contribution is -2.52. The summed E-state index contributed by atoms with van der Waals surface area (Å²) in [5.74, 6) is -1.02. The van der Waals surface area contributed by atoms with Gasteiger partial charge in [0.15, 0.2) is 0 Å². The molecule has 0 saturated heterocycles. The van der Waals surface area contributed by atoms with E-state index in [2.05, 4.69) is 17.0 Å². The molecule has 1 unspecified atom stereocenters. The first-order chi connectivity index (χ1) is 7.52. The lowest BCUT2D eigenvalue weighted by Gasteiger charge is -2.17. The molecule has 1 amide bonds. The second kappa shape index (κ2) is 8.06. The van der Waals surface area contributed by atoms with E-state index in [1.165, 1.54) is 7.11 Å². The van der Waals surface area contributed by atoms with Crippen LogP contribution in [0, 0.1) is 0 Å². The zero-order valence-electron chi connectivity index (χ0n) is 9.86. The van der Waals surface area contributed by atoms with Gasteiger partial charge in [0, 0.05) is 0 Å². The van der Waals surface area contributed by atoms with Gasteiger partial charge in [-0.25, -0.2) is 4.79 Å². The van der Waals surface area contributed by atoms with Crippen molar-refractivity contribution in [2.75, 3.05) is 7.11 Å². The van der Waals surface area contributed by atoms with Gasteiger partial charge in [0.25, 0.3) is 5.91 Å². The van der Waals surface area contributed by atoms with Crippen LogP contribution in [0.1, 0.15) is 32.6 Å². The summed E-state index contributed by atoms with van der Waals surface area (Å²) in [5.41, 5.74) is 10.4. The van der Waals surface area contributed by atoms with E-state index in [4.69, 9.17) is 11.5 Å². The molecule has 6 heteroatoms. The van der Waals surface area contributed by atoms with Crippen molar-refractivity contribution in [1.29, 1.82) is 0 Å². The number of nitrogens with two attached hydrogens (primary N) is 2. The average molecular weight is 231 g/mol.